The molecule has 5 heteroatoms. The predicted molar refractivity (Wildman–Crippen MR) is 82.8 cm³/mol. The number of anilines is 2. The molecule has 0 saturated carbocycles. The molecule has 0 unspecified atom stereocenters. The molecule has 0 aliphatic carbocycles. The Morgan fingerprint density at radius 1 is 1.15 bits per heavy atom. The van der Waals surface area contributed by atoms with Crippen molar-refractivity contribution in [2.75, 3.05) is 24.3 Å². The van der Waals surface area contributed by atoms with Crippen LogP contribution in [0.1, 0.15) is 10.4 Å². The lowest BCUT2D eigenvalue weighted by molar-refractivity contribution is 0.102. The summed E-state index contributed by atoms with van der Waals surface area (Å²) in [5.74, 6) is -0.678. The van der Waals surface area contributed by atoms with Gasteiger partial charge in [-0.05, 0) is 58.4 Å². The molecule has 2 aromatic carbocycles. The number of nitrogens with zero attached hydrogens (tertiary/aromatic N) is 1. The van der Waals surface area contributed by atoms with E-state index in [1.807, 2.05) is 31.1 Å². The average Bonchev–Trinajstić information content (AvgIpc) is 2.43. The van der Waals surface area contributed by atoms with Crippen molar-refractivity contribution in [3.63, 3.8) is 0 Å². The van der Waals surface area contributed by atoms with Gasteiger partial charge >= 0.3 is 0 Å². The van der Waals surface area contributed by atoms with Crippen LogP contribution in [0, 0.1) is 5.82 Å². The van der Waals surface area contributed by atoms with Crippen molar-refractivity contribution >= 4 is 33.2 Å². The number of carbonyl (C=O) groups excluding carboxylic acids is 1. The van der Waals surface area contributed by atoms with Gasteiger partial charge in [-0.25, -0.2) is 4.39 Å². The second kappa shape index (κ2) is 6.05. The zero-order valence-corrected chi connectivity index (χ0v) is 12.7. The number of amides is 1. The lowest BCUT2D eigenvalue weighted by Gasteiger charge is -2.12. The van der Waals surface area contributed by atoms with Crippen LogP contribution >= 0.6 is 15.9 Å². The van der Waals surface area contributed by atoms with Gasteiger partial charge in [-0.1, -0.05) is 0 Å². The van der Waals surface area contributed by atoms with E-state index in [0.717, 1.165) is 5.69 Å². The van der Waals surface area contributed by atoms with Gasteiger partial charge in [0.05, 0.1) is 4.47 Å². The molecule has 104 valence electrons. The molecular formula is C15H14BrFN2O. The molecule has 1 N–H and O–H groups in total. The molecule has 0 saturated heterocycles. The van der Waals surface area contributed by atoms with Crippen molar-refractivity contribution in [2.45, 2.75) is 0 Å². The van der Waals surface area contributed by atoms with Crippen LogP contribution in [-0.4, -0.2) is 20.0 Å². The summed E-state index contributed by atoms with van der Waals surface area (Å²) >= 11 is 3.07. The summed E-state index contributed by atoms with van der Waals surface area (Å²) in [4.78, 5) is 14.0. The molecule has 20 heavy (non-hydrogen) atoms. The third kappa shape index (κ3) is 3.36. The van der Waals surface area contributed by atoms with E-state index < -0.39 is 5.82 Å². The Balaban J connectivity index is 2.13. The molecule has 0 aliphatic heterocycles. The highest BCUT2D eigenvalue weighted by molar-refractivity contribution is 9.10. The van der Waals surface area contributed by atoms with Gasteiger partial charge in [0.15, 0.2) is 0 Å². The fourth-order valence-electron chi connectivity index (χ4n) is 1.69. The SMILES string of the molecule is CN(C)c1ccc(C(=O)Nc2ccc(Br)c(F)c2)cc1. The molecule has 0 spiro atoms. The first kappa shape index (κ1) is 14.5. The zero-order chi connectivity index (χ0) is 14.7. The largest absolute Gasteiger partial charge is 0.378 e. The average molecular weight is 337 g/mol. The summed E-state index contributed by atoms with van der Waals surface area (Å²) < 4.78 is 13.7. The van der Waals surface area contributed by atoms with Crippen molar-refractivity contribution in [2.24, 2.45) is 0 Å². The normalized spacial score (nSPS) is 10.2. The molecule has 0 heterocycles. The molecule has 1 amide bonds. The Morgan fingerprint density at radius 2 is 1.80 bits per heavy atom. The first-order valence-corrected chi connectivity index (χ1v) is 6.80. The smallest absolute Gasteiger partial charge is 0.255 e. The van der Waals surface area contributed by atoms with Crippen molar-refractivity contribution in [3.8, 4) is 0 Å². The standard InChI is InChI=1S/C15H14BrFN2O/c1-19(2)12-6-3-10(4-7-12)15(20)18-11-5-8-13(16)14(17)9-11/h3-9H,1-2H3,(H,18,20). The lowest BCUT2D eigenvalue weighted by atomic mass is 10.2. The number of benzene rings is 2. The van der Waals surface area contributed by atoms with Gasteiger partial charge in [-0.2, -0.15) is 0 Å². The van der Waals surface area contributed by atoms with E-state index in [9.17, 15) is 9.18 Å². The Labute approximate surface area is 125 Å². The van der Waals surface area contributed by atoms with Crippen molar-refractivity contribution < 1.29 is 9.18 Å². The number of hydrogen-bond donors (Lipinski definition) is 1. The van der Waals surface area contributed by atoms with Crippen LogP contribution in [0.15, 0.2) is 46.9 Å². The van der Waals surface area contributed by atoms with Crippen LogP contribution in [0.3, 0.4) is 0 Å². The zero-order valence-electron chi connectivity index (χ0n) is 11.2. The minimum absolute atomic E-state index is 0.267. The van der Waals surface area contributed by atoms with Crippen LogP contribution in [0.2, 0.25) is 0 Å². The molecule has 0 bridgehead atoms. The number of hydrogen-bond acceptors (Lipinski definition) is 2. The minimum Gasteiger partial charge on any atom is -0.378 e. The first-order valence-electron chi connectivity index (χ1n) is 6.01. The van der Waals surface area contributed by atoms with Gasteiger partial charge in [0.25, 0.3) is 5.91 Å². The summed E-state index contributed by atoms with van der Waals surface area (Å²) in [7, 11) is 3.86. The van der Waals surface area contributed by atoms with E-state index in [0.29, 0.717) is 15.7 Å². The van der Waals surface area contributed by atoms with E-state index in [4.69, 9.17) is 0 Å². The van der Waals surface area contributed by atoms with Crippen LogP contribution in [0.4, 0.5) is 15.8 Å². The van der Waals surface area contributed by atoms with E-state index in [2.05, 4.69) is 21.2 Å². The maximum atomic E-state index is 13.4. The van der Waals surface area contributed by atoms with Gasteiger partial charge in [0.2, 0.25) is 0 Å². The molecular weight excluding hydrogens is 323 g/mol. The predicted octanol–water partition coefficient (Wildman–Crippen LogP) is 3.91. The van der Waals surface area contributed by atoms with Gasteiger partial charge in [0, 0.05) is 31.0 Å². The Kier molecular flexibility index (Phi) is 4.39. The van der Waals surface area contributed by atoms with E-state index >= 15 is 0 Å². The highest BCUT2D eigenvalue weighted by Crippen LogP contribution is 2.20. The van der Waals surface area contributed by atoms with Crippen LogP contribution < -0.4 is 10.2 Å². The van der Waals surface area contributed by atoms with E-state index in [1.54, 1.807) is 24.3 Å². The fourth-order valence-corrected chi connectivity index (χ4v) is 1.93. The quantitative estimate of drug-likeness (QED) is 0.921. The maximum Gasteiger partial charge on any atom is 0.255 e. The van der Waals surface area contributed by atoms with Crippen molar-refractivity contribution in [1.29, 1.82) is 0 Å². The molecule has 0 aliphatic rings. The van der Waals surface area contributed by atoms with Crippen molar-refractivity contribution in [3.05, 3.63) is 58.3 Å². The second-order valence-corrected chi connectivity index (χ2v) is 5.38. The lowest BCUT2D eigenvalue weighted by Crippen LogP contribution is -2.13. The Hall–Kier alpha value is -1.88. The number of rotatable bonds is 3. The number of carbonyl (C=O) groups is 1. The molecule has 0 radical (unpaired) electrons. The monoisotopic (exact) mass is 336 g/mol. The summed E-state index contributed by atoms with van der Waals surface area (Å²) in [5.41, 5.74) is 1.96. The molecule has 0 fully saturated rings. The highest BCUT2D eigenvalue weighted by Gasteiger charge is 2.08. The third-order valence-corrected chi connectivity index (χ3v) is 3.47. The van der Waals surface area contributed by atoms with Crippen LogP contribution in [0.5, 0.6) is 0 Å². The van der Waals surface area contributed by atoms with Crippen molar-refractivity contribution in [1.82, 2.24) is 0 Å². The molecule has 0 atom stereocenters. The molecule has 2 rings (SSSR count). The Morgan fingerprint density at radius 3 is 2.35 bits per heavy atom. The summed E-state index contributed by atoms with van der Waals surface area (Å²) in [6, 6.07) is 11.7. The summed E-state index contributed by atoms with van der Waals surface area (Å²) in [5, 5.41) is 2.66. The first-order chi connectivity index (χ1) is 9.47. The topological polar surface area (TPSA) is 32.3 Å². The van der Waals surface area contributed by atoms with Crippen LogP contribution in [-0.2, 0) is 0 Å². The highest BCUT2D eigenvalue weighted by atomic mass is 79.9. The van der Waals surface area contributed by atoms with Crippen LogP contribution in [0.25, 0.3) is 0 Å². The molecule has 0 aromatic heterocycles. The van der Waals surface area contributed by atoms with Gasteiger partial charge < -0.3 is 10.2 Å². The summed E-state index contributed by atoms with van der Waals surface area (Å²) in [6.07, 6.45) is 0. The minimum atomic E-state index is -0.411. The van der Waals surface area contributed by atoms with E-state index in [-0.39, 0.29) is 5.91 Å². The Bertz CT molecular complexity index is 626. The maximum absolute atomic E-state index is 13.4. The fraction of sp³-hybridized carbons (Fsp3) is 0.133. The van der Waals surface area contributed by atoms with Gasteiger partial charge in [-0.15, -0.1) is 0 Å². The molecule has 3 nitrogen and oxygen atoms in total. The third-order valence-electron chi connectivity index (χ3n) is 2.82. The second-order valence-electron chi connectivity index (χ2n) is 4.52. The summed E-state index contributed by atoms with van der Waals surface area (Å²) in [6.45, 7) is 0. The van der Waals surface area contributed by atoms with Gasteiger partial charge in [0.1, 0.15) is 5.82 Å². The molecule has 2 aromatic rings. The number of nitrogens with one attached hydrogen (secondary N) is 1. The number of halogens is 2. The van der Waals surface area contributed by atoms with Gasteiger partial charge in [-0.3, -0.25) is 4.79 Å². The van der Waals surface area contributed by atoms with E-state index in [1.165, 1.54) is 6.07 Å².